The molecule has 4 heteroatoms. The summed E-state index contributed by atoms with van der Waals surface area (Å²) in [6.07, 6.45) is 7.61. The fourth-order valence-electron chi connectivity index (χ4n) is 4.28. The topological polar surface area (TPSA) is 59.3 Å². The van der Waals surface area contributed by atoms with E-state index in [0.29, 0.717) is 24.5 Å². The van der Waals surface area contributed by atoms with Crippen molar-refractivity contribution in [1.29, 1.82) is 5.26 Å². The average molecular weight is 420 g/mol. The van der Waals surface area contributed by atoms with E-state index in [2.05, 4.69) is 19.9 Å². The van der Waals surface area contributed by atoms with Crippen LogP contribution >= 0.6 is 0 Å². The van der Waals surface area contributed by atoms with Crippen molar-refractivity contribution < 1.29 is 14.3 Å². The van der Waals surface area contributed by atoms with Gasteiger partial charge in [-0.15, -0.1) is 0 Å². The van der Waals surface area contributed by atoms with Crippen molar-refractivity contribution in [1.82, 2.24) is 0 Å². The highest BCUT2D eigenvalue weighted by molar-refractivity contribution is 5.82. The number of ether oxygens (including phenoxy) is 2. The minimum atomic E-state index is -1.01. The molecule has 1 saturated carbocycles. The van der Waals surface area contributed by atoms with Crippen molar-refractivity contribution in [2.75, 3.05) is 6.61 Å². The van der Waals surface area contributed by atoms with E-state index in [1.807, 2.05) is 36.4 Å². The predicted octanol–water partition coefficient (Wildman–Crippen LogP) is 6.94. The van der Waals surface area contributed by atoms with Crippen molar-refractivity contribution in [2.24, 2.45) is 11.3 Å². The van der Waals surface area contributed by atoms with Gasteiger partial charge in [0.05, 0.1) is 12.7 Å². The van der Waals surface area contributed by atoms with Crippen LogP contribution in [-0.4, -0.2) is 12.6 Å². The number of hydrogen-bond acceptors (Lipinski definition) is 4. The summed E-state index contributed by atoms with van der Waals surface area (Å²) in [4.78, 5) is 12.8. The quantitative estimate of drug-likeness (QED) is 0.251. The summed E-state index contributed by atoms with van der Waals surface area (Å²) in [7, 11) is 0. The Morgan fingerprint density at radius 2 is 1.68 bits per heavy atom. The zero-order valence-corrected chi connectivity index (χ0v) is 18.7. The Morgan fingerprint density at radius 1 is 1.03 bits per heavy atom. The molecule has 0 heterocycles. The summed E-state index contributed by atoms with van der Waals surface area (Å²) < 4.78 is 11.4. The Hall–Kier alpha value is -2.80. The van der Waals surface area contributed by atoms with E-state index < -0.39 is 11.4 Å². The van der Waals surface area contributed by atoms with E-state index in [4.69, 9.17) is 9.47 Å². The van der Waals surface area contributed by atoms with Crippen molar-refractivity contribution in [3.8, 4) is 28.7 Å². The minimum Gasteiger partial charge on any atom is -0.494 e. The van der Waals surface area contributed by atoms with E-state index in [1.54, 1.807) is 12.1 Å². The molecule has 2 aromatic carbocycles. The maximum atomic E-state index is 12.8. The van der Waals surface area contributed by atoms with Gasteiger partial charge in [-0.3, -0.25) is 0 Å². The van der Waals surface area contributed by atoms with Gasteiger partial charge >= 0.3 is 5.97 Å². The molecule has 1 aliphatic carbocycles. The Labute approximate surface area is 186 Å². The molecule has 2 unspecified atom stereocenters. The summed E-state index contributed by atoms with van der Waals surface area (Å²) in [5.74, 6) is 1.37. The van der Waals surface area contributed by atoms with Gasteiger partial charge < -0.3 is 9.47 Å². The summed E-state index contributed by atoms with van der Waals surface area (Å²) >= 11 is 0. The first-order valence-corrected chi connectivity index (χ1v) is 11.6. The number of hydrogen-bond donors (Lipinski definition) is 0. The molecular formula is C27H33NO3. The van der Waals surface area contributed by atoms with Crippen LogP contribution in [0.3, 0.4) is 0 Å². The van der Waals surface area contributed by atoms with Gasteiger partial charge in [0.1, 0.15) is 11.5 Å². The first-order chi connectivity index (χ1) is 15.1. The lowest BCUT2D eigenvalue weighted by molar-refractivity contribution is -0.145. The van der Waals surface area contributed by atoms with Crippen molar-refractivity contribution in [3.63, 3.8) is 0 Å². The molecule has 1 aliphatic rings. The van der Waals surface area contributed by atoms with Gasteiger partial charge in [-0.2, -0.15) is 5.26 Å². The standard InChI is InChI=1S/C27H33NO3/c1-3-5-6-18-30-24-13-9-22(10-14-24)23-11-15-25(16-12-23)31-26(29)27(20-28)17-7-8-21(4-2)19-27/h9-16,21H,3-8,17-19H2,1-2H3. The van der Waals surface area contributed by atoms with Crippen molar-refractivity contribution in [3.05, 3.63) is 48.5 Å². The first-order valence-electron chi connectivity index (χ1n) is 11.6. The van der Waals surface area contributed by atoms with E-state index in [0.717, 1.165) is 49.2 Å². The van der Waals surface area contributed by atoms with E-state index in [-0.39, 0.29) is 0 Å². The minimum absolute atomic E-state index is 0.412. The summed E-state index contributed by atoms with van der Waals surface area (Å²) in [5.41, 5.74) is 1.10. The fourth-order valence-corrected chi connectivity index (χ4v) is 4.28. The Bertz CT molecular complexity index is 882. The van der Waals surface area contributed by atoms with Gasteiger partial charge in [0.25, 0.3) is 0 Å². The molecule has 0 saturated heterocycles. The number of nitrogens with zero attached hydrogens (tertiary/aromatic N) is 1. The normalized spacial score (nSPS) is 20.6. The Balaban J connectivity index is 1.61. The highest BCUT2D eigenvalue weighted by Gasteiger charge is 2.44. The number of esters is 1. The van der Waals surface area contributed by atoms with Gasteiger partial charge in [0.2, 0.25) is 0 Å². The zero-order chi connectivity index (χ0) is 22.1. The lowest BCUT2D eigenvalue weighted by Crippen LogP contribution is -2.38. The second-order valence-corrected chi connectivity index (χ2v) is 8.56. The molecule has 164 valence electrons. The first kappa shape index (κ1) is 22.9. The van der Waals surface area contributed by atoms with E-state index in [1.165, 1.54) is 12.8 Å². The smallest absolute Gasteiger partial charge is 0.331 e. The highest BCUT2D eigenvalue weighted by atomic mass is 16.5. The van der Waals surface area contributed by atoms with Crippen LogP contribution in [0.4, 0.5) is 0 Å². The van der Waals surface area contributed by atoms with E-state index in [9.17, 15) is 10.1 Å². The molecule has 4 nitrogen and oxygen atoms in total. The molecule has 3 rings (SSSR count). The Kier molecular flexibility index (Phi) is 8.12. The van der Waals surface area contributed by atoms with Crippen LogP contribution in [0.2, 0.25) is 0 Å². The number of unbranched alkanes of at least 4 members (excludes halogenated alkanes) is 2. The van der Waals surface area contributed by atoms with Gasteiger partial charge in [0.15, 0.2) is 5.41 Å². The molecule has 31 heavy (non-hydrogen) atoms. The molecule has 0 aliphatic heterocycles. The number of rotatable bonds is 9. The number of carbonyl (C=O) groups is 1. The van der Waals surface area contributed by atoms with Crippen LogP contribution < -0.4 is 9.47 Å². The molecule has 2 aromatic rings. The second kappa shape index (κ2) is 11.0. The number of benzene rings is 2. The van der Waals surface area contributed by atoms with Crippen LogP contribution in [0.1, 0.15) is 65.2 Å². The van der Waals surface area contributed by atoms with Crippen LogP contribution in [0.5, 0.6) is 11.5 Å². The molecule has 2 atom stereocenters. The molecule has 0 spiro atoms. The predicted molar refractivity (Wildman–Crippen MR) is 123 cm³/mol. The summed E-state index contributed by atoms with van der Waals surface area (Å²) in [6.45, 7) is 5.05. The lowest BCUT2D eigenvalue weighted by Gasteiger charge is -2.33. The van der Waals surface area contributed by atoms with Gasteiger partial charge in [-0.1, -0.05) is 70.2 Å². The van der Waals surface area contributed by atoms with Gasteiger partial charge in [-0.25, -0.2) is 4.79 Å². The van der Waals surface area contributed by atoms with Crippen LogP contribution in [-0.2, 0) is 4.79 Å². The highest BCUT2D eigenvalue weighted by Crippen LogP contribution is 2.41. The molecule has 0 aromatic heterocycles. The largest absolute Gasteiger partial charge is 0.494 e. The molecular weight excluding hydrogens is 386 g/mol. The van der Waals surface area contributed by atoms with E-state index >= 15 is 0 Å². The number of nitriles is 1. The molecule has 0 bridgehead atoms. The molecule has 0 N–H and O–H groups in total. The Morgan fingerprint density at radius 3 is 2.26 bits per heavy atom. The van der Waals surface area contributed by atoms with Crippen LogP contribution in [0.15, 0.2) is 48.5 Å². The third-order valence-corrected chi connectivity index (χ3v) is 6.30. The van der Waals surface area contributed by atoms with Crippen LogP contribution in [0.25, 0.3) is 11.1 Å². The maximum Gasteiger partial charge on any atom is 0.331 e. The lowest BCUT2D eigenvalue weighted by atomic mass is 9.70. The molecule has 0 radical (unpaired) electrons. The van der Waals surface area contributed by atoms with Crippen molar-refractivity contribution >= 4 is 5.97 Å². The summed E-state index contributed by atoms with van der Waals surface area (Å²) in [6, 6.07) is 17.8. The summed E-state index contributed by atoms with van der Waals surface area (Å²) in [5, 5.41) is 9.74. The zero-order valence-electron chi connectivity index (χ0n) is 18.7. The number of carbonyl (C=O) groups excluding carboxylic acids is 1. The third-order valence-electron chi connectivity index (χ3n) is 6.30. The van der Waals surface area contributed by atoms with Crippen molar-refractivity contribution in [2.45, 2.75) is 65.2 Å². The fraction of sp³-hybridized carbons (Fsp3) is 0.481. The second-order valence-electron chi connectivity index (χ2n) is 8.56. The molecule has 0 amide bonds. The third kappa shape index (κ3) is 5.88. The maximum absolute atomic E-state index is 12.8. The average Bonchev–Trinajstić information content (AvgIpc) is 2.82. The van der Waals surface area contributed by atoms with Gasteiger partial charge in [-0.05, 0) is 60.6 Å². The van der Waals surface area contributed by atoms with Crippen LogP contribution in [0, 0.1) is 22.7 Å². The monoisotopic (exact) mass is 419 g/mol. The molecule has 1 fully saturated rings. The van der Waals surface area contributed by atoms with Gasteiger partial charge in [0, 0.05) is 0 Å². The SMILES string of the molecule is CCCCCOc1ccc(-c2ccc(OC(=O)C3(C#N)CCCC(CC)C3)cc2)cc1.